The summed E-state index contributed by atoms with van der Waals surface area (Å²) in [5, 5.41) is 0. The van der Waals surface area contributed by atoms with Crippen LogP contribution in [0.15, 0.2) is 35.4 Å². The SMILES string of the molecule is C=C(N)C1c2ccc(SCCCC)cc2CN1C. The Hall–Kier alpha value is -0.930. The van der Waals surface area contributed by atoms with Gasteiger partial charge in [-0.25, -0.2) is 0 Å². The highest BCUT2D eigenvalue weighted by atomic mass is 32.2. The molecule has 2 N–H and O–H groups in total. The third-order valence-corrected chi connectivity index (χ3v) is 4.47. The second kappa shape index (κ2) is 5.81. The molecule has 1 aromatic rings. The van der Waals surface area contributed by atoms with E-state index in [9.17, 15) is 0 Å². The minimum Gasteiger partial charge on any atom is -0.401 e. The number of benzene rings is 1. The number of thioether (sulfide) groups is 1. The van der Waals surface area contributed by atoms with Crippen LogP contribution in [0.5, 0.6) is 0 Å². The van der Waals surface area contributed by atoms with Gasteiger partial charge in [0.1, 0.15) is 0 Å². The van der Waals surface area contributed by atoms with E-state index in [4.69, 9.17) is 5.73 Å². The van der Waals surface area contributed by atoms with Crippen molar-refractivity contribution >= 4 is 11.8 Å². The van der Waals surface area contributed by atoms with Gasteiger partial charge in [0.15, 0.2) is 0 Å². The predicted molar refractivity (Wildman–Crippen MR) is 79.6 cm³/mol. The van der Waals surface area contributed by atoms with Gasteiger partial charge in [0, 0.05) is 17.1 Å². The maximum atomic E-state index is 5.90. The van der Waals surface area contributed by atoms with Crippen molar-refractivity contribution in [2.45, 2.75) is 37.2 Å². The van der Waals surface area contributed by atoms with E-state index in [1.165, 1.54) is 34.6 Å². The van der Waals surface area contributed by atoms with Crippen molar-refractivity contribution in [2.24, 2.45) is 5.73 Å². The van der Waals surface area contributed by atoms with E-state index in [1.807, 2.05) is 11.8 Å². The molecular formula is C15H22N2S. The van der Waals surface area contributed by atoms with Gasteiger partial charge in [0.2, 0.25) is 0 Å². The smallest absolute Gasteiger partial charge is 0.0746 e. The Balaban J connectivity index is 2.15. The number of rotatable bonds is 5. The van der Waals surface area contributed by atoms with Crippen LogP contribution in [0.1, 0.15) is 36.9 Å². The summed E-state index contributed by atoms with van der Waals surface area (Å²) in [6.07, 6.45) is 2.54. The number of likely N-dealkylation sites (N-methyl/N-ethyl adjacent to an activating group) is 1. The summed E-state index contributed by atoms with van der Waals surface area (Å²) in [6, 6.07) is 6.94. The van der Waals surface area contributed by atoms with Crippen LogP contribution in [0, 0.1) is 0 Å². The van der Waals surface area contributed by atoms with Gasteiger partial charge >= 0.3 is 0 Å². The average Bonchev–Trinajstić information content (AvgIpc) is 2.64. The number of nitrogens with two attached hydrogens (primary N) is 1. The first-order valence-electron chi connectivity index (χ1n) is 6.53. The van der Waals surface area contributed by atoms with Crippen LogP contribution in [0.4, 0.5) is 0 Å². The van der Waals surface area contributed by atoms with E-state index in [2.05, 4.69) is 43.6 Å². The molecule has 0 fully saturated rings. The van der Waals surface area contributed by atoms with Gasteiger partial charge in [-0.3, -0.25) is 4.90 Å². The van der Waals surface area contributed by atoms with Crippen LogP contribution in [0.3, 0.4) is 0 Å². The predicted octanol–water partition coefficient (Wildman–Crippen LogP) is 3.54. The van der Waals surface area contributed by atoms with E-state index in [-0.39, 0.29) is 6.04 Å². The highest BCUT2D eigenvalue weighted by molar-refractivity contribution is 7.99. The molecule has 1 heterocycles. The molecule has 0 saturated carbocycles. The molecule has 1 atom stereocenters. The van der Waals surface area contributed by atoms with Crippen molar-refractivity contribution in [3.63, 3.8) is 0 Å². The van der Waals surface area contributed by atoms with Gasteiger partial charge in [-0.15, -0.1) is 11.8 Å². The zero-order chi connectivity index (χ0) is 13.1. The minimum absolute atomic E-state index is 0.190. The summed E-state index contributed by atoms with van der Waals surface area (Å²) >= 11 is 1.95. The monoisotopic (exact) mass is 262 g/mol. The Bertz CT molecular complexity index is 442. The molecule has 0 aliphatic carbocycles. The Kier molecular flexibility index (Phi) is 4.36. The average molecular weight is 262 g/mol. The molecule has 0 aromatic heterocycles. The molecule has 0 bridgehead atoms. The van der Waals surface area contributed by atoms with Gasteiger partial charge < -0.3 is 5.73 Å². The summed E-state index contributed by atoms with van der Waals surface area (Å²) in [6.45, 7) is 7.10. The fourth-order valence-electron chi connectivity index (χ4n) is 2.49. The van der Waals surface area contributed by atoms with Crippen LogP contribution >= 0.6 is 11.8 Å². The molecule has 0 radical (unpaired) electrons. The van der Waals surface area contributed by atoms with Crippen LogP contribution < -0.4 is 5.73 Å². The normalized spacial score (nSPS) is 18.9. The van der Waals surface area contributed by atoms with Crippen LogP contribution in [0.25, 0.3) is 0 Å². The van der Waals surface area contributed by atoms with Crippen molar-refractivity contribution in [2.75, 3.05) is 12.8 Å². The Morgan fingerprint density at radius 1 is 1.56 bits per heavy atom. The molecule has 18 heavy (non-hydrogen) atoms. The van der Waals surface area contributed by atoms with E-state index in [0.29, 0.717) is 0 Å². The van der Waals surface area contributed by atoms with Crippen molar-refractivity contribution in [1.29, 1.82) is 0 Å². The van der Waals surface area contributed by atoms with E-state index in [1.54, 1.807) is 0 Å². The largest absolute Gasteiger partial charge is 0.401 e. The lowest BCUT2D eigenvalue weighted by atomic mass is 10.0. The molecule has 1 aliphatic heterocycles. The molecule has 98 valence electrons. The number of hydrogen-bond acceptors (Lipinski definition) is 3. The molecule has 0 amide bonds. The second-order valence-electron chi connectivity index (χ2n) is 4.96. The van der Waals surface area contributed by atoms with Crippen LogP contribution in [-0.4, -0.2) is 17.7 Å². The van der Waals surface area contributed by atoms with Crippen molar-refractivity contribution in [3.8, 4) is 0 Å². The van der Waals surface area contributed by atoms with E-state index < -0.39 is 0 Å². The lowest BCUT2D eigenvalue weighted by molar-refractivity contribution is 0.299. The van der Waals surface area contributed by atoms with Crippen molar-refractivity contribution in [3.05, 3.63) is 41.6 Å². The van der Waals surface area contributed by atoms with Crippen LogP contribution in [-0.2, 0) is 6.54 Å². The maximum Gasteiger partial charge on any atom is 0.0746 e. The Morgan fingerprint density at radius 3 is 3.00 bits per heavy atom. The molecule has 2 rings (SSSR count). The standard InChI is InChI=1S/C15H22N2S/c1-4-5-8-18-13-6-7-14-12(9-13)10-17(3)15(14)11(2)16/h6-7,9,15H,2,4-5,8,10,16H2,1,3H3. The third-order valence-electron chi connectivity index (χ3n) is 3.39. The topological polar surface area (TPSA) is 29.3 Å². The summed E-state index contributed by atoms with van der Waals surface area (Å²) < 4.78 is 0. The summed E-state index contributed by atoms with van der Waals surface area (Å²) in [5.74, 6) is 1.21. The van der Waals surface area contributed by atoms with Gasteiger partial charge in [0.25, 0.3) is 0 Å². The second-order valence-corrected chi connectivity index (χ2v) is 6.12. The minimum atomic E-state index is 0.190. The van der Waals surface area contributed by atoms with Crippen molar-refractivity contribution < 1.29 is 0 Å². The first-order chi connectivity index (χ1) is 8.63. The van der Waals surface area contributed by atoms with Crippen LogP contribution in [0.2, 0.25) is 0 Å². The zero-order valence-electron chi connectivity index (χ0n) is 11.3. The Morgan fingerprint density at radius 2 is 2.33 bits per heavy atom. The molecule has 1 aromatic carbocycles. The molecule has 2 nitrogen and oxygen atoms in total. The van der Waals surface area contributed by atoms with Gasteiger partial charge in [-0.1, -0.05) is 26.0 Å². The first-order valence-corrected chi connectivity index (χ1v) is 7.52. The van der Waals surface area contributed by atoms with Gasteiger partial charge in [-0.2, -0.15) is 0 Å². The Labute approximate surface area is 114 Å². The molecule has 1 aliphatic rings. The molecule has 0 saturated heterocycles. The van der Waals surface area contributed by atoms with Crippen molar-refractivity contribution in [1.82, 2.24) is 4.90 Å². The quantitative estimate of drug-likeness (QED) is 0.650. The fourth-order valence-corrected chi connectivity index (χ4v) is 3.55. The zero-order valence-corrected chi connectivity index (χ0v) is 12.1. The highest BCUT2D eigenvalue weighted by Crippen LogP contribution is 2.37. The third kappa shape index (κ3) is 2.73. The number of hydrogen-bond donors (Lipinski definition) is 1. The first kappa shape index (κ1) is 13.5. The van der Waals surface area contributed by atoms with Gasteiger partial charge in [-0.05, 0) is 42.5 Å². The molecule has 1 unspecified atom stereocenters. The fraction of sp³-hybridized carbons (Fsp3) is 0.467. The lowest BCUT2D eigenvalue weighted by Crippen LogP contribution is -2.21. The summed E-state index contributed by atoms with van der Waals surface area (Å²) in [5.41, 5.74) is 9.36. The molecular weight excluding hydrogens is 240 g/mol. The maximum absolute atomic E-state index is 5.90. The summed E-state index contributed by atoms with van der Waals surface area (Å²) in [7, 11) is 2.10. The number of nitrogens with zero attached hydrogens (tertiary/aromatic N) is 1. The summed E-state index contributed by atoms with van der Waals surface area (Å²) in [4.78, 5) is 3.63. The van der Waals surface area contributed by atoms with E-state index >= 15 is 0 Å². The lowest BCUT2D eigenvalue weighted by Gasteiger charge is -2.19. The number of unbranched alkanes of at least 4 members (excludes halogenated alkanes) is 1. The molecule has 0 spiro atoms. The highest BCUT2D eigenvalue weighted by Gasteiger charge is 2.28. The number of fused-ring (bicyclic) bond motifs is 1. The molecule has 3 heteroatoms. The van der Waals surface area contributed by atoms with Gasteiger partial charge in [0.05, 0.1) is 6.04 Å². The van der Waals surface area contributed by atoms with E-state index in [0.717, 1.165) is 12.2 Å².